The van der Waals surface area contributed by atoms with Crippen LogP contribution in [0.5, 0.6) is 0 Å². The summed E-state index contributed by atoms with van der Waals surface area (Å²) in [6, 6.07) is 0. The van der Waals surface area contributed by atoms with Gasteiger partial charge in [-0.25, -0.2) is 0 Å². The number of ether oxygens (including phenoxy) is 2. The monoisotopic (exact) mass is 422 g/mol. The van der Waals surface area contributed by atoms with E-state index in [1.165, 1.54) is 0 Å². The van der Waals surface area contributed by atoms with E-state index < -0.39 is 47.5 Å². The summed E-state index contributed by atoms with van der Waals surface area (Å²) in [5.74, 6) is -5.92. The van der Waals surface area contributed by atoms with Crippen molar-refractivity contribution in [2.24, 2.45) is 23.7 Å². The first kappa shape index (κ1) is 23.6. The van der Waals surface area contributed by atoms with Crippen LogP contribution in [0.15, 0.2) is 23.3 Å². The Labute approximate surface area is 175 Å². The van der Waals surface area contributed by atoms with E-state index in [-0.39, 0.29) is 13.2 Å². The Kier molecular flexibility index (Phi) is 8.62. The Morgan fingerprint density at radius 1 is 0.767 bits per heavy atom. The van der Waals surface area contributed by atoms with Crippen molar-refractivity contribution < 1.29 is 38.9 Å². The third kappa shape index (κ3) is 6.43. The quantitative estimate of drug-likeness (QED) is 0.330. The standard InChI is InChI=1S/C22H30O8/c1-13-5-7-15(19(23)24)17(11-13)21(27)29-9-3-4-10-30-22(28)18-12-14(2)6-8-16(18)20(25)26/h5-6,15-18H,3-4,7-12H2,1-2H3,(H,23,24)(H,25,26). The summed E-state index contributed by atoms with van der Waals surface area (Å²) in [6.07, 6.45) is 6.02. The number of carbonyl (C=O) groups excluding carboxylic acids is 2. The smallest absolute Gasteiger partial charge is 0.310 e. The lowest BCUT2D eigenvalue weighted by atomic mass is 9.80. The van der Waals surface area contributed by atoms with Crippen LogP contribution in [0, 0.1) is 23.7 Å². The number of carboxylic acids is 2. The number of carboxylic acid groups (broad SMARTS) is 2. The zero-order valence-corrected chi connectivity index (χ0v) is 17.5. The highest BCUT2D eigenvalue weighted by atomic mass is 16.5. The predicted molar refractivity (Wildman–Crippen MR) is 106 cm³/mol. The van der Waals surface area contributed by atoms with Crippen LogP contribution >= 0.6 is 0 Å². The van der Waals surface area contributed by atoms with E-state index >= 15 is 0 Å². The average Bonchev–Trinajstić information content (AvgIpc) is 2.69. The molecule has 0 spiro atoms. The molecule has 4 unspecified atom stereocenters. The topological polar surface area (TPSA) is 127 Å². The van der Waals surface area contributed by atoms with Crippen LogP contribution in [0.2, 0.25) is 0 Å². The van der Waals surface area contributed by atoms with Gasteiger partial charge in [0.2, 0.25) is 0 Å². The molecular formula is C22H30O8. The molecule has 2 aliphatic rings. The van der Waals surface area contributed by atoms with Gasteiger partial charge >= 0.3 is 23.9 Å². The largest absolute Gasteiger partial charge is 0.481 e. The van der Waals surface area contributed by atoms with Gasteiger partial charge < -0.3 is 19.7 Å². The molecular weight excluding hydrogens is 392 g/mol. The number of hydrogen-bond donors (Lipinski definition) is 2. The van der Waals surface area contributed by atoms with E-state index in [9.17, 15) is 29.4 Å². The molecule has 4 atom stereocenters. The van der Waals surface area contributed by atoms with Crippen LogP contribution in [-0.2, 0) is 28.7 Å². The number of unbranched alkanes of at least 4 members (excludes halogenated alkanes) is 1. The summed E-state index contributed by atoms with van der Waals surface area (Å²) in [4.78, 5) is 47.2. The highest BCUT2D eigenvalue weighted by Gasteiger charge is 2.37. The van der Waals surface area contributed by atoms with Crippen molar-refractivity contribution in [3.8, 4) is 0 Å². The molecule has 0 aromatic heterocycles. The van der Waals surface area contributed by atoms with Gasteiger partial charge in [0.05, 0.1) is 36.9 Å². The van der Waals surface area contributed by atoms with Gasteiger partial charge in [-0.05, 0) is 52.4 Å². The van der Waals surface area contributed by atoms with Crippen LogP contribution in [0.25, 0.3) is 0 Å². The maximum absolute atomic E-state index is 12.3. The van der Waals surface area contributed by atoms with Gasteiger partial charge in [0.15, 0.2) is 0 Å². The number of aliphatic carboxylic acids is 2. The number of hydrogen-bond acceptors (Lipinski definition) is 6. The molecule has 0 heterocycles. The van der Waals surface area contributed by atoms with Gasteiger partial charge in [0.25, 0.3) is 0 Å². The van der Waals surface area contributed by atoms with Crippen LogP contribution in [0.1, 0.15) is 52.4 Å². The number of carbonyl (C=O) groups is 4. The van der Waals surface area contributed by atoms with E-state index in [1.807, 2.05) is 26.0 Å². The fourth-order valence-corrected chi connectivity index (χ4v) is 3.93. The molecule has 2 N–H and O–H groups in total. The summed E-state index contributed by atoms with van der Waals surface area (Å²) in [5.41, 5.74) is 1.96. The summed E-state index contributed by atoms with van der Waals surface area (Å²) in [6.45, 7) is 3.96. The zero-order valence-electron chi connectivity index (χ0n) is 17.5. The molecule has 8 nitrogen and oxygen atoms in total. The molecule has 8 heteroatoms. The summed E-state index contributed by atoms with van der Waals surface area (Å²) >= 11 is 0. The Balaban J connectivity index is 1.70. The van der Waals surface area contributed by atoms with E-state index in [1.54, 1.807) is 0 Å². The fourth-order valence-electron chi connectivity index (χ4n) is 3.93. The molecule has 0 bridgehead atoms. The predicted octanol–water partition coefficient (Wildman–Crippen LogP) is 2.97. The van der Waals surface area contributed by atoms with Crippen molar-refractivity contribution in [2.75, 3.05) is 13.2 Å². The minimum Gasteiger partial charge on any atom is -0.481 e. The molecule has 0 fully saturated rings. The molecule has 166 valence electrons. The molecule has 0 saturated carbocycles. The van der Waals surface area contributed by atoms with Gasteiger partial charge in [-0.15, -0.1) is 0 Å². The Hall–Kier alpha value is -2.64. The van der Waals surface area contributed by atoms with Gasteiger partial charge in [0.1, 0.15) is 0 Å². The summed E-state index contributed by atoms with van der Waals surface area (Å²) in [7, 11) is 0. The van der Waals surface area contributed by atoms with E-state index in [0.717, 1.165) is 11.1 Å². The first-order valence-corrected chi connectivity index (χ1v) is 10.3. The van der Waals surface area contributed by atoms with Gasteiger partial charge in [-0.3, -0.25) is 19.2 Å². The summed E-state index contributed by atoms with van der Waals surface area (Å²) < 4.78 is 10.5. The molecule has 0 saturated heterocycles. The van der Waals surface area contributed by atoms with Crippen LogP contribution in [0.4, 0.5) is 0 Å². The minimum atomic E-state index is -1.000. The third-order valence-electron chi connectivity index (χ3n) is 5.76. The van der Waals surface area contributed by atoms with Crippen molar-refractivity contribution in [3.63, 3.8) is 0 Å². The Morgan fingerprint density at radius 3 is 1.47 bits per heavy atom. The minimum absolute atomic E-state index is 0.116. The third-order valence-corrected chi connectivity index (χ3v) is 5.76. The van der Waals surface area contributed by atoms with E-state index in [2.05, 4.69) is 0 Å². The molecule has 0 aliphatic heterocycles. The number of allylic oxidation sites excluding steroid dienone is 4. The Bertz CT molecular complexity index is 673. The van der Waals surface area contributed by atoms with Crippen molar-refractivity contribution in [2.45, 2.75) is 52.4 Å². The lowest BCUT2D eigenvalue weighted by Gasteiger charge is -2.26. The second-order valence-corrected chi connectivity index (χ2v) is 8.13. The normalized spacial score (nSPS) is 26.2. The Morgan fingerprint density at radius 2 is 1.13 bits per heavy atom. The molecule has 2 aliphatic carbocycles. The van der Waals surface area contributed by atoms with E-state index in [0.29, 0.717) is 38.5 Å². The van der Waals surface area contributed by atoms with Crippen LogP contribution in [0.3, 0.4) is 0 Å². The second kappa shape index (κ2) is 10.9. The van der Waals surface area contributed by atoms with Gasteiger partial charge in [-0.2, -0.15) is 0 Å². The maximum Gasteiger partial charge on any atom is 0.310 e. The van der Waals surface area contributed by atoms with Crippen LogP contribution in [-0.4, -0.2) is 47.3 Å². The van der Waals surface area contributed by atoms with Crippen LogP contribution < -0.4 is 0 Å². The SMILES string of the molecule is CC1=CCC(C(=O)O)C(C(=O)OCCCCOC(=O)C2CC(C)=CCC2C(=O)O)C1. The number of rotatable bonds is 9. The lowest BCUT2D eigenvalue weighted by molar-refractivity contribution is -0.159. The molecule has 2 rings (SSSR count). The first-order valence-electron chi connectivity index (χ1n) is 10.3. The highest BCUT2D eigenvalue weighted by molar-refractivity contribution is 5.82. The molecule has 0 aromatic rings. The van der Waals surface area contributed by atoms with Gasteiger partial charge in [0, 0.05) is 0 Å². The average molecular weight is 422 g/mol. The zero-order chi connectivity index (χ0) is 22.3. The molecule has 0 aromatic carbocycles. The lowest BCUT2D eigenvalue weighted by Crippen LogP contribution is -2.33. The maximum atomic E-state index is 12.3. The van der Waals surface area contributed by atoms with Crippen molar-refractivity contribution in [1.82, 2.24) is 0 Å². The molecule has 0 amide bonds. The first-order chi connectivity index (χ1) is 14.2. The number of esters is 2. The highest BCUT2D eigenvalue weighted by Crippen LogP contribution is 2.32. The fraction of sp³-hybridized carbons (Fsp3) is 0.636. The van der Waals surface area contributed by atoms with Crippen molar-refractivity contribution >= 4 is 23.9 Å². The molecule has 30 heavy (non-hydrogen) atoms. The van der Waals surface area contributed by atoms with Gasteiger partial charge in [-0.1, -0.05) is 23.3 Å². The summed E-state index contributed by atoms with van der Waals surface area (Å²) in [5, 5.41) is 18.6. The van der Waals surface area contributed by atoms with Crippen molar-refractivity contribution in [1.29, 1.82) is 0 Å². The van der Waals surface area contributed by atoms with Crippen molar-refractivity contribution in [3.05, 3.63) is 23.3 Å². The second-order valence-electron chi connectivity index (χ2n) is 8.13. The van der Waals surface area contributed by atoms with E-state index in [4.69, 9.17) is 9.47 Å². The molecule has 0 radical (unpaired) electrons.